The molecule has 1 unspecified atom stereocenters. The second-order valence-corrected chi connectivity index (χ2v) is 4.58. The van der Waals surface area contributed by atoms with Crippen LogP contribution in [0.3, 0.4) is 0 Å². The molecule has 3 atom stereocenters. The SMILES string of the molecule is O=C1CCC(CNC(=O)[C@@H]2CC[C@H](C(=O)O)O2)N1. The third kappa shape index (κ3) is 2.98. The summed E-state index contributed by atoms with van der Waals surface area (Å²) in [5.74, 6) is -1.34. The first-order valence-electron chi connectivity index (χ1n) is 6.01. The molecule has 2 amide bonds. The van der Waals surface area contributed by atoms with Gasteiger partial charge in [-0.2, -0.15) is 0 Å². The Morgan fingerprint density at radius 3 is 2.61 bits per heavy atom. The average Bonchev–Trinajstić information content (AvgIpc) is 2.94. The maximum atomic E-state index is 11.7. The summed E-state index contributed by atoms with van der Waals surface area (Å²) < 4.78 is 5.12. The van der Waals surface area contributed by atoms with Crippen molar-refractivity contribution in [1.29, 1.82) is 0 Å². The maximum absolute atomic E-state index is 11.7. The van der Waals surface area contributed by atoms with Crippen LogP contribution < -0.4 is 10.6 Å². The maximum Gasteiger partial charge on any atom is 0.332 e. The predicted molar refractivity (Wildman–Crippen MR) is 59.7 cm³/mol. The Morgan fingerprint density at radius 2 is 2.06 bits per heavy atom. The normalized spacial score (nSPS) is 31.1. The Bertz CT molecular complexity index is 370. The third-order valence-corrected chi connectivity index (χ3v) is 3.20. The number of hydrogen-bond donors (Lipinski definition) is 3. The van der Waals surface area contributed by atoms with Gasteiger partial charge in [0.15, 0.2) is 6.10 Å². The molecule has 3 N–H and O–H groups in total. The molecule has 2 heterocycles. The third-order valence-electron chi connectivity index (χ3n) is 3.20. The summed E-state index contributed by atoms with van der Waals surface area (Å²) in [4.78, 5) is 33.3. The summed E-state index contributed by atoms with van der Waals surface area (Å²) in [5, 5.41) is 14.2. The van der Waals surface area contributed by atoms with E-state index in [9.17, 15) is 14.4 Å². The van der Waals surface area contributed by atoms with Gasteiger partial charge in [0.05, 0.1) is 0 Å². The van der Waals surface area contributed by atoms with Gasteiger partial charge in [-0.3, -0.25) is 9.59 Å². The molecule has 0 bridgehead atoms. The van der Waals surface area contributed by atoms with E-state index in [1.807, 2.05) is 0 Å². The van der Waals surface area contributed by atoms with Gasteiger partial charge >= 0.3 is 5.97 Å². The second kappa shape index (κ2) is 5.34. The number of carboxylic acids is 1. The number of aliphatic carboxylic acids is 1. The molecule has 7 nitrogen and oxygen atoms in total. The van der Waals surface area contributed by atoms with E-state index in [1.165, 1.54) is 0 Å². The van der Waals surface area contributed by atoms with Crippen molar-refractivity contribution >= 4 is 17.8 Å². The first-order valence-corrected chi connectivity index (χ1v) is 6.01. The lowest BCUT2D eigenvalue weighted by atomic mass is 10.2. The largest absolute Gasteiger partial charge is 0.479 e. The van der Waals surface area contributed by atoms with Crippen LogP contribution in [0.4, 0.5) is 0 Å². The molecule has 0 spiro atoms. The Morgan fingerprint density at radius 1 is 1.33 bits per heavy atom. The molecule has 0 radical (unpaired) electrons. The molecule has 18 heavy (non-hydrogen) atoms. The number of ether oxygens (including phenoxy) is 1. The highest BCUT2D eigenvalue weighted by Gasteiger charge is 2.35. The van der Waals surface area contributed by atoms with Crippen molar-refractivity contribution < 1.29 is 24.2 Å². The number of nitrogens with one attached hydrogen (secondary N) is 2. The fourth-order valence-corrected chi connectivity index (χ4v) is 2.18. The summed E-state index contributed by atoms with van der Waals surface area (Å²) in [7, 11) is 0. The van der Waals surface area contributed by atoms with E-state index in [0.29, 0.717) is 32.2 Å². The lowest BCUT2D eigenvalue weighted by molar-refractivity contribution is -0.151. The molecule has 0 aromatic carbocycles. The van der Waals surface area contributed by atoms with E-state index >= 15 is 0 Å². The molecule has 0 aromatic rings. The molecule has 100 valence electrons. The summed E-state index contributed by atoms with van der Waals surface area (Å²) >= 11 is 0. The first-order chi connectivity index (χ1) is 8.56. The average molecular weight is 256 g/mol. The van der Waals surface area contributed by atoms with Crippen molar-refractivity contribution in [1.82, 2.24) is 10.6 Å². The van der Waals surface area contributed by atoms with Gasteiger partial charge in [-0.15, -0.1) is 0 Å². The zero-order valence-corrected chi connectivity index (χ0v) is 9.85. The Balaban J connectivity index is 1.72. The molecular weight excluding hydrogens is 240 g/mol. The monoisotopic (exact) mass is 256 g/mol. The van der Waals surface area contributed by atoms with Crippen molar-refractivity contribution in [3.63, 3.8) is 0 Å². The zero-order chi connectivity index (χ0) is 13.1. The zero-order valence-electron chi connectivity index (χ0n) is 9.85. The van der Waals surface area contributed by atoms with Gasteiger partial charge in [-0.1, -0.05) is 0 Å². The van der Waals surface area contributed by atoms with Crippen LogP contribution in [0.1, 0.15) is 25.7 Å². The number of rotatable bonds is 4. The van der Waals surface area contributed by atoms with Crippen LogP contribution >= 0.6 is 0 Å². The highest BCUT2D eigenvalue weighted by atomic mass is 16.5. The lowest BCUT2D eigenvalue weighted by Crippen LogP contribution is -2.42. The minimum Gasteiger partial charge on any atom is -0.479 e. The topological polar surface area (TPSA) is 105 Å². The van der Waals surface area contributed by atoms with Crippen molar-refractivity contribution in [3.8, 4) is 0 Å². The quantitative estimate of drug-likeness (QED) is 0.599. The van der Waals surface area contributed by atoms with Crippen LogP contribution in [0.2, 0.25) is 0 Å². The van der Waals surface area contributed by atoms with Crippen LogP contribution in [0.5, 0.6) is 0 Å². The van der Waals surface area contributed by atoms with E-state index in [1.54, 1.807) is 0 Å². The van der Waals surface area contributed by atoms with Crippen molar-refractivity contribution in [2.75, 3.05) is 6.54 Å². The number of amides is 2. The van der Waals surface area contributed by atoms with Gasteiger partial charge < -0.3 is 20.5 Å². The van der Waals surface area contributed by atoms with E-state index in [2.05, 4.69) is 10.6 Å². The highest BCUT2D eigenvalue weighted by molar-refractivity contribution is 5.83. The number of carbonyl (C=O) groups is 3. The molecule has 7 heteroatoms. The Hall–Kier alpha value is -1.63. The smallest absolute Gasteiger partial charge is 0.332 e. The van der Waals surface area contributed by atoms with E-state index < -0.39 is 18.2 Å². The van der Waals surface area contributed by atoms with Crippen LogP contribution in [-0.4, -0.2) is 47.7 Å². The van der Waals surface area contributed by atoms with Crippen molar-refractivity contribution in [2.24, 2.45) is 0 Å². The fourth-order valence-electron chi connectivity index (χ4n) is 2.18. The molecule has 2 saturated heterocycles. The molecular formula is C11H16N2O5. The molecule has 0 aromatic heterocycles. The summed E-state index contributed by atoms with van der Waals surface area (Å²) in [6.45, 7) is 0.363. The van der Waals surface area contributed by atoms with Crippen LogP contribution in [-0.2, 0) is 19.1 Å². The van der Waals surface area contributed by atoms with Crippen LogP contribution in [0.15, 0.2) is 0 Å². The van der Waals surface area contributed by atoms with Crippen LogP contribution in [0, 0.1) is 0 Å². The molecule has 2 aliphatic heterocycles. The molecule has 2 fully saturated rings. The van der Waals surface area contributed by atoms with Crippen molar-refractivity contribution in [2.45, 2.75) is 43.9 Å². The Labute approximate surface area is 104 Å². The predicted octanol–water partition coefficient (Wildman–Crippen LogP) is -0.987. The summed E-state index contributed by atoms with van der Waals surface area (Å²) in [5.41, 5.74) is 0. The van der Waals surface area contributed by atoms with E-state index in [0.717, 1.165) is 0 Å². The Kier molecular flexibility index (Phi) is 3.81. The molecule has 2 rings (SSSR count). The lowest BCUT2D eigenvalue weighted by Gasteiger charge is -2.14. The first kappa shape index (κ1) is 12.8. The molecule has 2 aliphatic rings. The highest BCUT2D eigenvalue weighted by Crippen LogP contribution is 2.20. The van der Waals surface area contributed by atoms with Gasteiger partial charge in [0.25, 0.3) is 0 Å². The standard InChI is InChI=1S/C11H16N2O5/c14-9-4-1-6(13-9)5-12-10(15)7-2-3-8(18-7)11(16)17/h6-8H,1-5H2,(H,12,15)(H,13,14)(H,16,17)/t6?,7-,8+/m0/s1. The number of carbonyl (C=O) groups excluding carboxylic acids is 2. The van der Waals surface area contributed by atoms with E-state index in [-0.39, 0.29) is 17.9 Å². The minimum atomic E-state index is -1.03. The minimum absolute atomic E-state index is 0.00249. The van der Waals surface area contributed by atoms with Crippen LogP contribution in [0.25, 0.3) is 0 Å². The van der Waals surface area contributed by atoms with Crippen molar-refractivity contribution in [3.05, 3.63) is 0 Å². The molecule has 0 saturated carbocycles. The van der Waals surface area contributed by atoms with Gasteiger partial charge in [0.1, 0.15) is 6.10 Å². The van der Waals surface area contributed by atoms with Gasteiger partial charge in [-0.05, 0) is 19.3 Å². The van der Waals surface area contributed by atoms with Gasteiger partial charge in [-0.25, -0.2) is 4.79 Å². The summed E-state index contributed by atoms with van der Waals surface area (Å²) in [6, 6.07) is -0.0295. The van der Waals surface area contributed by atoms with Gasteiger partial charge in [0.2, 0.25) is 11.8 Å². The number of hydrogen-bond acceptors (Lipinski definition) is 4. The molecule has 0 aliphatic carbocycles. The number of carboxylic acid groups (broad SMARTS) is 1. The van der Waals surface area contributed by atoms with E-state index in [4.69, 9.17) is 9.84 Å². The fraction of sp³-hybridized carbons (Fsp3) is 0.727. The van der Waals surface area contributed by atoms with Gasteiger partial charge in [0, 0.05) is 19.0 Å². The summed E-state index contributed by atoms with van der Waals surface area (Å²) in [6.07, 6.45) is 0.396. The second-order valence-electron chi connectivity index (χ2n) is 4.58.